The van der Waals surface area contributed by atoms with Gasteiger partial charge in [-0.25, -0.2) is 24.9 Å². The Kier molecular flexibility index (Phi) is 2.85. The summed E-state index contributed by atoms with van der Waals surface area (Å²) in [6, 6.07) is 12.1. The van der Waals surface area contributed by atoms with Crippen molar-refractivity contribution in [2.75, 3.05) is 0 Å². The summed E-state index contributed by atoms with van der Waals surface area (Å²) in [4.78, 5) is 23.2. The molecule has 0 radical (unpaired) electrons. The molecular formula is C18H9N5S. The molecule has 5 nitrogen and oxygen atoms in total. The lowest BCUT2D eigenvalue weighted by Crippen LogP contribution is -2.18. The molecule has 0 amide bonds. The zero-order valence-corrected chi connectivity index (χ0v) is 13.2. The number of pyridine rings is 1. The molecule has 0 fully saturated rings. The van der Waals surface area contributed by atoms with Crippen LogP contribution in [0.1, 0.15) is 0 Å². The normalized spacial score (nSPS) is 12.7. The van der Waals surface area contributed by atoms with Gasteiger partial charge in [0.15, 0.2) is 0 Å². The average Bonchev–Trinajstić information content (AvgIpc) is 2.81. The minimum atomic E-state index is 0.753. The number of aliphatic imine (C=N–C) groups is 1. The summed E-state index contributed by atoms with van der Waals surface area (Å²) >= 11 is 1.52. The first-order valence-electron chi connectivity index (χ1n) is 7.35. The molecule has 6 heteroatoms. The zero-order valence-electron chi connectivity index (χ0n) is 12.3. The highest BCUT2D eigenvalue weighted by Gasteiger charge is 2.10. The van der Waals surface area contributed by atoms with Gasteiger partial charge in [0.2, 0.25) is 0 Å². The molecule has 5 rings (SSSR count). The predicted molar refractivity (Wildman–Crippen MR) is 95.4 cm³/mol. The fraction of sp³-hybridized carbons (Fsp3) is 0. The van der Waals surface area contributed by atoms with Gasteiger partial charge in [0.25, 0.3) is 0 Å². The number of para-hydroxylation sites is 1. The topological polar surface area (TPSA) is 63.4 Å². The fourth-order valence-corrected chi connectivity index (χ4v) is 3.59. The monoisotopic (exact) mass is 327 g/mol. The number of rotatable bonds is 1. The molecule has 0 unspecified atom stereocenters. The molecule has 1 aliphatic rings. The van der Waals surface area contributed by atoms with Crippen LogP contribution in [0.15, 0.2) is 58.8 Å². The second kappa shape index (κ2) is 5.16. The molecule has 0 saturated carbocycles. The molecule has 0 saturated heterocycles. The molecule has 0 spiro atoms. The third-order valence-corrected chi connectivity index (χ3v) is 4.77. The second-order valence-electron chi connectivity index (χ2n) is 5.26. The van der Waals surface area contributed by atoms with Crippen LogP contribution in [0, 0.1) is 0 Å². The largest absolute Gasteiger partial charge is 0.249 e. The van der Waals surface area contributed by atoms with Crippen LogP contribution in [0.2, 0.25) is 0 Å². The molecular weight excluding hydrogens is 318 g/mol. The van der Waals surface area contributed by atoms with E-state index >= 15 is 0 Å². The Morgan fingerprint density at radius 2 is 1.92 bits per heavy atom. The predicted octanol–water partition coefficient (Wildman–Crippen LogP) is 2.46. The van der Waals surface area contributed by atoms with Crippen LogP contribution in [0.4, 0.5) is 0 Å². The van der Waals surface area contributed by atoms with Crippen LogP contribution < -0.4 is 9.89 Å². The summed E-state index contributed by atoms with van der Waals surface area (Å²) in [7, 11) is 0. The number of aromatic nitrogens is 3. The van der Waals surface area contributed by atoms with Crippen molar-refractivity contribution in [3.05, 3.63) is 58.7 Å². The number of fused-ring (bicyclic) bond motifs is 4. The molecule has 0 N–H and O–H groups in total. The smallest absolute Gasteiger partial charge is 0.145 e. The van der Waals surface area contributed by atoms with Crippen molar-refractivity contribution in [1.29, 1.82) is 0 Å². The standard InChI is InChI=1S/C18H9N5S/c1-2-4-12-11(3-1)5-6-13(22-12)14-9-21-17-16-15(24-18(17)23-14)10-19-7-8-20-16/h1-6,8-10H. The maximum absolute atomic E-state index is 4.73. The summed E-state index contributed by atoms with van der Waals surface area (Å²) in [5.41, 5.74) is 3.29. The average molecular weight is 327 g/mol. The van der Waals surface area contributed by atoms with Crippen LogP contribution in [0.25, 0.3) is 38.8 Å². The quantitative estimate of drug-likeness (QED) is 0.539. The van der Waals surface area contributed by atoms with E-state index in [0.717, 1.165) is 42.5 Å². The lowest BCUT2D eigenvalue weighted by Gasteiger charge is -2.02. The third-order valence-electron chi connectivity index (χ3n) is 3.77. The summed E-state index contributed by atoms with van der Waals surface area (Å²) in [6.45, 7) is 0. The van der Waals surface area contributed by atoms with Gasteiger partial charge in [-0.2, -0.15) is 0 Å². The van der Waals surface area contributed by atoms with E-state index < -0.39 is 0 Å². The lowest BCUT2D eigenvalue weighted by atomic mass is 10.2. The zero-order chi connectivity index (χ0) is 15.9. The number of hydrogen-bond acceptors (Lipinski definition) is 6. The molecule has 0 bridgehead atoms. The number of benzene rings is 1. The maximum Gasteiger partial charge on any atom is 0.145 e. The fourth-order valence-electron chi connectivity index (χ4n) is 2.64. The van der Waals surface area contributed by atoms with Gasteiger partial charge in [-0.1, -0.05) is 24.3 Å². The van der Waals surface area contributed by atoms with E-state index in [2.05, 4.69) is 31.9 Å². The van der Waals surface area contributed by atoms with Crippen LogP contribution in [0.3, 0.4) is 0 Å². The van der Waals surface area contributed by atoms with Gasteiger partial charge < -0.3 is 0 Å². The summed E-state index contributed by atoms with van der Waals surface area (Å²) in [5, 5.41) is 1.91. The van der Waals surface area contributed by atoms with Crippen molar-refractivity contribution in [2.24, 2.45) is 9.98 Å². The SMILES string of the molecule is C1=CN=c2c(sc3nc(-c4ccc5ccccc5n4)cnc23)=CN=1. The third kappa shape index (κ3) is 2.06. The van der Waals surface area contributed by atoms with Gasteiger partial charge in [-0.05, 0) is 12.1 Å². The van der Waals surface area contributed by atoms with E-state index in [1.54, 1.807) is 18.6 Å². The molecule has 4 aromatic rings. The van der Waals surface area contributed by atoms with Gasteiger partial charge in [-0.3, -0.25) is 0 Å². The molecule has 3 aromatic heterocycles. The van der Waals surface area contributed by atoms with E-state index in [9.17, 15) is 0 Å². The van der Waals surface area contributed by atoms with Gasteiger partial charge in [-0.15, -0.1) is 11.3 Å². The van der Waals surface area contributed by atoms with E-state index in [1.165, 1.54) is 11.3 Å². The van der Waals surface area contributed by atoms with E-state index in [-0.39, 0.29) is 0 Å². The maximum atomic E-state index is 4.73. The highest BCUT2D eigenvalue weighted by molar-refractivity contribution is 7.16. The second-order valence-corrected chi connectivity index (χ2v) is 6.29. The molecule has 1 aromatic carbocycles. The van der Waals surface area contributed by atoms with Crippen molar-refractivity contribution in [3.63, 3.8) is 0 Å². The Hall–Kier alpha value is -3.21. The Morgan fingerprint density at radius 3 is 2.92 bits per heavy atom. The van der Waals surface area contributed by atoms with Gasteiger partial charge in [0.1, 0.15) is 21.4 Å². The van der Waals surface area contributed by atoms with Gasteiger partial charge in [0.05, 0.1) is 34.3 Å². The Labute approximate surface area is 140 Å². The number of hydrogen-bond donors (Lipinski definition) is 0. The molecule has 24 heavy (non-hydrogen) atoms. The van der Waals surface area contributed by atoms with Crippen molar-refractivity contribution < 1.29 is 0 Å². The van der Waals surface area contributed by atoms with Crippen molar-refractivity contribution in [3.8, 4) is 11.4 Å². The van der Waals surface area contributed by atoms with Gasteiger partial charge in [0, 0.05) is 11.3 Å². The summed E-state index contributed by atoms with van der Waals surface area (Å²) in [5.74, 6) is 2.73. The summed E-state index contributed by atoms with van der Waals surface area (Å²) < 4.78 is 0.940. The number of nitrogens with zero attached hydrogens (tertiary/aromatic N) is 5. The first-order chi connectivity index (χ1) is 11.9. The van der Waals surface area contributed by atoms with Crippen LogP contribution in [0.5, 0.6) is 0 Å². The van der Waals surface area contributed by atoms with E-state index in [1.807, 2.05) is 30.3 Å². The molecule has 0 atom stereocenters. The molecule has 112 valence electrons. The minimum Gasteiger partial charge on any atom is -0.249 e. The number of thiophene rings is 1. The Bertz CT molecular complexity index is 1300. The van der Waals surface area contributed by atoms with Crippen molar-refractivity contribution in [1.82, 2.24) is 15.0 Å². The van der Waals surface area contributed by atoms with Crippen LogP contribution >= 0.6 is 11.3 Å². The first-order valence-corrected chi connectivity index (χ1v) is 8.17. The Balaban J connectivity index is 1.73. The van der Waals surface area contributed by atoms with Gasteiger partial charge >= 0.3 is 0 Å². The minimum absolute atomic E-state index is 0.753. The summed E-state index contributed by atoms with van der Waals surface area (Å²) in [6.07, 6.45) is 5.04. The van der Waals surface area contributed by atoms with E-state index in [4.69, 9.17) is 4.98 Å². The molecule has 4 heterocycles. The van der Waals surface area contributed by atoms with Crippen LogP contribution in [-0.2, 0) is 0 Å². The van der Waals surface area contributed by atoms with Crippen molar-refractivity contribution in [2.45, 2.75) is 0 Å². The Morgan fingerprint density at radius 1 is 0.958 bits per heavy atom. The van der Waals surface area contributed by atoms with Crippen molar-refractivity contribution >= 4 is 44.7 Å². The van der Waals surface area contributed by atoms with Crippen LogP contribution in [-0.4, -0.2) is 20.8 Å². The van der Waals surface area contributed by atoms with E-state index in [0.29, 0.717) is 0 Å². The molecule has 1 aliphatic heterocycles. The highest BCUT2D eigenvalue weighted by atomic mass is 32.1. The molecule has 0 aliphatic carbocycles. The lowest BCUT2D eigenvalue weighted by molar-refractivity contribution is 1.25. The highest BCUT2D eigenvalue weighted by Crippen LogP contribution is 2.20. The first kappa shape index (κ1) is 13.2.